The molecule has 24 heavy (non-hydrogen) atoms. The van der Waals surface area contributed by atoms with Crippen LogP contribution in [0.5, 0.6) is 11.5 Å². The Kier molecular flexibility index (Phi) is 2.53. The van der Waals surface area contributed by atoms with Crippen molar-refractivity contribution in [2.45, 2.75) is 17.8 Å². The maximum Gasteiger partial charge on any atom is 0.231 e. The van der Waals surface area contributed by atoms with Gasteiger partial charge in [0, 0.05) is 13.0 Å². The highest BCUT2D eigenvalue weighted by Crippen LogP contribution is 2.60. The largest absolute Gasteiger partial charge is 0.454 e. The molecule has 5 rings (SSSR count). The normalized spacial score (nSPS) is 24.1. The van der Waals surface area contributed by atoms with Gasteiger partial charge in [-0.1, -0.05) is 18.2 Å². The van der Waals surface area contributed by atoms with E-state index in [2.05, 4.69) is 6.07 Å². The molecule has 5 heteroatoms. The van der Waals surface area contributed by atoms with E-state index < -0.39 is 5.41 Å². The number of rotatable bonds is 2. The van der Waals surface area contributed by atoms with Crippen molar-refractivity contribution < 1.29 is 9.47 Å². The van der Waals surface area contributed by atoms with Crippen molar-refractivity contribution in [2.24, 2.45) is 7.05 Å². The number of benzene rings is 2. The van der Waals surface area contributed by atoms with Gasteiger partial charge in [0.1, 0.15) is 11.2 Å². The zero-order chi connectivity index (χ0) is 16.3. The predicted octanol–water partition coefficient (Wildman–Crippen LogP) is 3.25. The van der Waals surface area contributed by atoms with E-state index in [0.717, 1.165) is 40.3 Å². The second kappa shape index (κ2) is 4.51. The molecular weight excluding hydrogens is 302 g/mol. The molecule has 5 nitrogen and oxygen atoms in total. The zero-order valence-electron chi connectivity index (χ0n) is 13.2. The summed E-state index contributed by atoms with van der Waals surface area (Å²) in [4.78, 5) is 4.75. The summed E-state index contributed by atoms with van der Waals surface area (Å²) in [7, 11) is 1.98. The Bertz CT molecular complexity index is 1020. The van der Waals surface area contributed by atoms with E-state index in [-0.39, 0.29) is 12.7 Å². The van der Waals surface area contributed by atoms with Crippen LogP contribution in [0.15, 0.2) is 42.5 Å². The molecule has 1 aliphatic heterocycles. The van der Waals surface area contributed by atoms with Gasteiger partial charge < -0.3 is 14.0 Å². The van der Waals surface area contributed by atoms with E-state index in [4.69, 9.17) is 14.5 Å². The fourth-order valence-electron chi connectivity index (χ4n) is 3.76. The van der Waals surface area contributed by atoms with Crippen LogP contribution < -0.4 is 9.47 Å². The third kappa shape index (κ3) is 1.65. The standard InChI is InChI=1S/C19H15N3O2/c1-22-15-5-3-2-4-14(15)21-18(22)19(10-20)9-13(19)12-6-7-16-17(8-12)24-11-23-16/h2-8,13H,9,11H2,1H3. The van der Waals surface area contributed by atoms with Crippen LogP contribution in [0.4, 0.5) is 0 Å². The second-order valence-corrected chi connectivity index (χ2v) is 6.44. The first-order valence-corrected chi connectivity index (χ1v) is 7.96. The minimum atomic E-state index is -0.568. The number of hydrogen-bond acceptors (Lipinski definition) is 4. The van der Waals surface area contributed by atoms with Crippen molar-refractivity contribution in [3.05, 3.63) is 53.9 Å². The van der Waals surface area contributed by atoms with E-state index in [1.54, 1.807) is 0 Å². The Morgan fingerprint density at radius 2 is 2.04 bits per heavy atom. The van der Waals surface area contributed by atoms with Crippen molar-refractivity contribution in [1.82, 2.24) is 9.55 Å². The first kappa shape index (κ1) is 13.4. The monoisotopic (exact) mass is 317 g/mol. The highest BCUT2D eigenvalue weighted by atomic mass is 16.7. The average molecular weight is 317 g/mol. The van der Waals surface area contributed by atoms with Gasteiger partial charge in [-0.05, 0) is 36.2 Å². The smallest absolute Gasteiger partial charge is 0.231 e. The molecule has 118 valence electrons. The molecule has 0 radical (unpaired) electrons. The van der Waals surface area contributed by atoms with Crippen LogP contribution in [0, 0.1) is 11.3 Å². The zero-order valence-corrected chi connectivity index (χ0v) is 13.2. The molecule has 2 unspecified atom stereocenters. The molecule has 0 N–H and O–H groups in total. The lowest BCUT2D eigenvalue weighted by Gasteiger charge is -2.10. The number of fused-ring (bicyclic) bond motifs is 2. The Balaban J connectivity index is 1.59. The number of aryl methyl sites for hydroxylation is 1. The number of aromatic nitrogens is 2. The molecule has 1 aromatic heterocycles. The number of ether oxygens (including phenoxy) is 2. The first-order chi connectivity index (χ1) is 11.7. The van der Waals surface area contributed by atoms with Gasteiger partial charge in [0.25, 0.3) is 0 Å². The van der Waals surface area contributed by atoms with Crippen molar-refractivity contribution in [1.29, 1.82) is 5.26 Å². The van der Waals surface area contributed by atoms with Crippen LogP contribution in [0.1, 0.15) is 23.7 Å². The summed E-state index contributed by atoms with van der Waals surface area (Å²) in [6.07, 6.45) is 0.778. The molecule has 1 fully saturated rings. The molecule has 2 aromatic carbocycles. The lowest BCUT2D eigenvalue weighted by Crippen LogP contribution is -2.13. The van der Waals surface area contributed by atoms with Crippen LogP contribution in [-0.2, 0) is 12.5 Å². The summed E-state index contributed by atoms with van der Waals surface area (Å²) in [5, 5.41) is 9.93. The van der Waals surface area contributed by atoms with Gasteiger partial charge in [-0.2, -0.15) is 5.26 Å². The van der Waals surface area contributed by atoms with Crippen molar-refractivity contribution in [2.75, 3.05) is 6.79 Å². The fourth-order valence-corrected chi connectivity index (χ4v) is 3.76. The quantitative estimate of drug-likeness (QED) is 0.728. The summed E-state index contributed by atoms with van der Waals surface area (Å²) in [6.45, 7) is 0.262. The van der Waals surface area contributed by atoms with Crippen LogP contribution in [0.25, 0.3) is 11.0 Å². The predicted molar refractivity (Wildman–Crippen MR) is 87.9 cm³/mol. The van der Waals surface area contributed by atoms with Gasteiger partial charge >= 0.3 is 0 Å². The third-order valence-corrected chi connectivity index (χ3v) is 5.15. The Morgan fingerprint density at radius 1 is 1.21 bits per heavy atom. The maximum atomic E-state index is 9.93. The molecule has 0 saturated heterocycles. The molecule has 0 spiro atoms. The number of hydrogen-bond donors (Lipinski definition) is 0. The molecule has 2 heterocycles. The first-order valence-electron chi connectivity index (χ1n) is 7.96. The van der Waals surface area contributed by atoms with E-state index in [1.807, 2.05) is 54.1 Å². The Morgan fingerprint density at radius 3 is 2.88 bits per heavy atom. The molecular formula is C19H15N3O2. The molecule has 0 amide bonds. The van der Waals surface area contributed by atoms with Gasteiger partial charge in [0.05, 0.1) is 17.1 Å². The number of nitrogens with zero attached hydrogens (tertiary/aromatic N) is 3. The summed E-state index contributed by atoms with van der Waals surface area (Å²) in [5.74, 6) is 2.50. The fraction of sp³-hybridized carbons (Fsp3) is 0.263. The highest BCUT2D eigenvalue weighted by Gasteiger charge is 2.60. The van der Waals surface area contributed by atoms with Crippen molar-refractivity contribution in [3.8, 4) is 17.6 Å². The topological polar surface area (TPSA) is 60.1 Å². The Labute approximate surface area is 139 Å². The van der Waals surface area contributed by atoms with Gasteiger partial charge in [-0.3, -0.25) is 0 Å². The third-order valence-electron chi connectivity index (χ3n) is 5.15. The molecule has 3 aromatic rings. The summed E-state index contributed by atoms with van der Waals surface area (Å²) < 4.78 is 12.9. The van der Waals surface area contributed by atoms with E-state index in [9.17, 15) is 5.26 Å². The highest BCUT2D eigenvalue weighted by molar-refractivity contribution is 5.76. The molecule has 0 bridgehead atoms. The van der Waals surface area contributed by atoms with Gasteiger partial charge in [0.15, 0.2) is 11.5 Å². The minimum absolute atomic E-state index is 0.132. The van der Waals surface area contributed by atoms with Gasteiger partial charge in [0.2, 0.25) is 6.79 Å². The lowest BCUT2D eigenvalue weighted by atomic mass is 9.99. The van der Waals surface area contributed by atoms with Gasteiger partial charge in [-0.15, -0.1) is 0 Å². The summed E-state index contributed by atoms with van der Waals surface area (Å²) >= 11 is 0. The molecule has 1 saturated carbocycles. The molecule has 2 atom stereocenters. The van der Waals surface area contributed by atoms with Gasteiger partial charge in [-0.25, -0.2) is 4.98 Å². The number of imidazole rings is 1. The Hall–Kier alpha value is -3.00. The SMILES string of the molecule is Cn1c(C2(C#N)CC2c2ccc3c(c2)OCO3)nc2ccccc21. The second-order valence-electron chi connectivity index (χ2n) is 6.44. The minimum Gasteiger partial charge on any atom is -0.454 e. The van der Waals surface area contributed by atoms with Crippen LogP contribution >= 0.6 is 0 Å². The average Bonchev–Trinajstić information content (AvgIpc) is 3.00. The molecule has 1 aliphatic carbocycles. The van der Waals surface area contributed by atoms with E-state index >= 15 is 0 Å². The van der Waals surface area contributed by atoms with E-state index in [0.29, 0.717) is 0 Å². The number of para-hydroxylation sites is 2. The summed E-state index contributed by atoms with van der Waals surface area (Å²) in [5.41, 5.74) is 2.52. The van der Waals surface area contributed by atoms with Crippen LogP contribution in [0.2, 0.25) is 0 Å². The molecule has 2 aliphatic rings. The lowest BCUT2D eigenvalue weighted by molar-refractivity contribution is 0.174. The number of nitriles is 1. The van der Waals surface area contributed by atoms with Crippen LogP contribution in [0.3, 0.4) is 0 Å². The van der Waals surface area contributed by atoms with Crippen molar-refractivity contribution in [3.63, 3.8) is 0 Å². The maximum absolute atomic E-state index is 9.93. The van der Waals surface area contributed by atoms with Crippen LogP contribution in [-0.4, -0.2) is 16.3 Å². The van der Waals surface area contributed by atoms with E-state index in [1.165, 1.54) is 0 Å². The van der Waals surface area contributed by atoms with Crippen molar-refractivity contribution >= 4 is 11.0 Å². The summed E-state index contributed by atoms with van der Waals surface area (Å²) in [6, 6.07) is 16.5.